The maximum Gasteiger partial charge on any atom is 0.227 e. The Hall–Kier alpha value is -1.55. The number of carbonyl (C=O) groups is 1. The Balaban J connectivity index is 1.40. The lowest BCUT2D eigenvalue weighted by atomic mass is 9.93. The van der Waals surface area contributed by atoms with Crippen LogP contribution in [0.5, 0.6) is 0 Å². The standard InChI is InChI=1S/C22H24Cl2N2O/c23-20-8-7-18(21(24)12-20)13-25-10-3-6-19(14-25)22(27)26-11-9-16-4-1-2-5-17(16)15-26/h1-2,4-5,7-8,12,19H,3,6,9-11,13-15H2. The second-order valence-corrected chi connectivity index (χ2v) is 8.43. The molecule has 1 atom stereocenters. The lowest BCUT2D eigenvalue weighted by Gasteiger charge is -2.37. The molecule has 4 rings (SSSR count). The Morgan fingerprint density at radius 1 is 1.07 bits per heavy atom. The molecule has 0 bridgehead atoms. The monoisotopic (exact) mass is 402 g/mol. The first-order valence-corrected chi connectivity index (χ1v) is 10.4. The molecular formula is C22H24Cl2N2O. The van der Waals surface area contributed by atoms with Crippen LogP contribution in [0.1, 0.15) is 29.5 Å². The summed E-state index contributed by atoms with van der Waals surface area (Å²) < 4.78 is 0. The van der Waals surface area contributed by atoms with Crippen molar-refractivity contribution in [2.24, 2.45) is 5.92 Å². The molecular weight excluding hydrogens is 379 g/mol. The molecule has 0 aliphatic carbocycles. The van der Waals surface area contributed by atoms with Crippen molar-refractivity contribution >= 4 is 29.1 Å². The van der Waals surface area contributed by atoms with Crippen LogP contribution in [0.4, 0.5) is 0 Å². The molecule has 2 aliphatic rings. The normalized spacial score (nSPS) is 20.4. The number of nitrogens with zero attached hydrogens (tertiary/aromatic N) is 2. The van der Waals surface area contributed by atoms with E-state index in [0.717, 1.165) is 57.5 Å². The van der Waals surface area contributed by atoms with E-state index in [9.17, 15) is 4.79 Å². The number of benzene rings is 2. The van der Waals surface area contributed by atoms with Crippen LogP contribution in [-0.4, -0.2) is 35.3 Å². The van der Waals surface area contributed by atoms with Crippen LogP contribution in [0.3, 0.4) is 0 Å². The quantitative estimate of drug-likeness (QED) is 0.736. The van der Waals surface area contributed by atoms with Crippen LogP contribution < -0.4 is 0 Å². The minimum atomic E-state index is 0.0788. The van der Waals surface area contributed by atoms with E-state index < -0.39 is 0 Å². The summed E-state index contributed by atoms with van der Waals surface area (Å²) in [5.41, 5.74) is 3.74. The van der Waals surface area contributed by atoms with E-state index in [4.69, 9.17) is 23.2 Å². The average Bonchev–Trinajstić information content (AvgIpc) is 2.69. The van der Waals surface area contributed by atoms with E-state index in [1.165, 1.54) is 11.1 Å². The van der Waals surface area contributed by atoms with Gasteiger partial charge in [-0.1, -0.05) is 53.5 Å². The van der Waals surface area contributed by atoms with E-state index in [-0.39, 0.29) is 5.92 Å². The molecule has 3 nitrogen and oxygen atoms in total. The molecule has 142 valence electrons. The smallest absolute Gasteiger partial charge is 0.227 e. The number of amides is 1. The van der Waals surface area contributed by atoms with Crippen molar-refractivity contribution in [3.05, 3.63) is 69.2 Å². The molecule has 1 amide bonds. The van der Waals surface area contributed by atoms with Crippen molar-refractivity contribution in [2.75, 3.05) is 19.6 Å². The molecule has 0 aromatic heterocycles. The second kappa shape index (κ2) is 8.22. The molecule has 0 radical (unpaired) electrons. The predicted octanol–water partition coefficient (Wildman–Crippen LogP) is 4.79. The fourth-order valence-electron chi connectivity index (χ4n) is 4.23. The van der Waals surface area contributed by atoms with Gasteiger partial charge in [-0.25, -0.2) is 0 Å². The third-order valence-corrected chi connectivity index (χ3v) is 6.29. The van der Waals surface area contributed by atoms with Gasteiger partial charge in [0, 0.05) is 36.2 Å². The summed E-state index contributed by atoms with van der Waals surface area (Å²) in [6.07, 6.45) is 2.98. The fourth-order valence-corrected chi connectivity index (χ4v) is 4.70. The summed E-state index contributed by atoms with van der Waals surface area (Å²) >= 11 is 12.3. The highest BCUT2D eigenvalue weighted by Gasteiger charge is 2.31. The van der Waals surface area contributed by atoms with Crippen molar-refractivity contribution in [3.63, 3.8) is 0 Å². The van der Waals surface area contributed by atoms with Gasteiger partial charge in [-0.05, 0) is 54.6 Å². The van der Waals surface area contributed by atoms with E-state index in [1.807, 2.05) is 17.0 Å². The Morgan fingerprint density at radius 3 is 2.70 bits per heavy atom. The lowest BCUT2D eigenvalue weighted by Crippen LogP contribution is -2.46. The zero-order valence-corrected chi connectivity index (χ0v) is 16.8. The average molecular weight is 403 g/mol. The Labute approximate surface area is 170 Å². The molecule has 2 aromatic rings. The Morgan fingerprint density at radius 2 is 1.89 bits per heavy atom. The lowest BCUT2D eigenvalue weighted by molar-refractivity contribution is -0.138. The van der Waals surface area contributed by atoms with Gasteiger partial charge in [-0.15, -0.1) is 0 Å². The van der Waals surface area contributed by atoms with Gasteiger partial charge in [0.2, 0.25) is 5.91 Å². The first-order valence-electron chi connectivity index (χ1n) is 9.62. The number of fused-ring (bicyclic) bond motifs is 1. The number of halogens is 2. The van der Waals surface area contributed by atoms with Crippen LogP contribution in [0.25, 0.3) is 0 Å². The van der Waals surface area contributed by atoms with Crippen LogP contribution in [0.15, 0.2) is 42.5 Å². The van der Waals surface area contributed by atoms with Gasteiger partial charge in [0.05, 0.1) is 5.92 Å². The Bertz CT molecular complexity index is 839. The predicted molar refractivity (Wildman–Crippen MR) is 110 cm³/mol. The highest BCUT2D eigenvalue weighted by molar-refractivity contribution is 6.35. The van der Waals surface area contributed by atoms with Gasteiger partial charge in [-0.2, -0.15) is 0 Å². The zero-order chi connectivity index (χ0) is 18.8. The minimum Gasteiger partial charge on any atom is -0.338 e. The summed E-state index contributed by atoms with van der Waals surface area (Å²) in [4.78, 5) is 17.5. The molecule has 0 saturated carbocycles. The van der Waals surface area contributed by atoms with Crippen molar-refractivity contribution < 1.29 is 4.79 Å². The summed E-state index contributed by atoms with van der Waals surface area (Å²) in [6.45, 7) is 4.15. The molecule has 1 saturated heterocycles. The van der Waals surface area contributed by atoms with Gasteiger partial charge < -0.3 is 4.90 Å². The summed E-state index contributed by atoms with van der Waals surface area (Å²) in [5.74, 6) is 0.381. The topological polar surface area (TPSA) is 23.6 Å². The van der Waals surface area contributed by atoms with E-state index in [2.05, 4.69) is 29.2 Å². The molecule has 2 aromatic carbocycles. The second-order valence-electron chi connectivity index (χ2n) is 7.59. The van der Waals surface area contributed by atoms with Crippen LogP contribution in [0.2, 0.25) is 10.0 Å². The number of piperidine rings is 1. The highest BCUT2D eigenvalue weighted by Crippen LogP contribution is 2.27. The van der Waals surface area contributed by atoms with E-state index in [0.29, 0.717) is 16.0 Å². The number of rotatable bonds is 3. The van der Waals surface area contributed by atoms with Crippen LogP contribution >= 0.6 is 23.2 Å². The molecule has 2 heterocycles. The molecule has 1 unspecified atom stereocenters. The number of likely N-dealkylation sites (tertiary alicyclic amines) is 1. The molecule has 1 fully saturated rings. The van der Waals surface area contributed by atoms with Gasteiger partial charge in [-0.3, -0.25) is 9.69 Å². The molecule has 5 heteroatoms. The largest absolute Gasteiger partial charge is 0.338 e. The highest BCUT2D eigenvalue weighted by atomic mass is 35.5. The van der Waals surface area contributed by atoms with E-state index >= 15 is 0 Å². The van der Waals surface area contributed by atoms with Crippen LogP contribution in [0, 0.1) is 5.92 Å². The van der Waals surface area contributed by atoms with Crippen molar-refractivity contribution in [1.82, 2.24) is 9.80 Å². The SMILES string of the molecule is O=C(C1CCCN(Cc2ccc(Cl)cc2Cl)C1)N1CCc2ccccc2C1. The van der Waals surface area contributed by atoms with Gasteiger partial charge >= 0.3 is 0 Å². The van der Waals surface area contributed by atoms with Gasteiger partial charge in [0.25, 0.3) is 0 Å². The van der Waals surface area contributed by atoms with Gasteiger partial charge in [0.1, 0.15) is 0 Å². The van der Waals surface area contributed by atoms with Crippen molar-refractivity contribution in [3.8, 4) is 0 Å². The maximum absolute atomic E-state index is 13.1. The molecule has 2 aliphatic heterocycles. The van der Waals surface area contributed by atoms with E-state index in [1.54, 1.807) is 6.07 Å². The summed E-state index contributed by atoms with van der Waals surface area (Å²) in [5, 5.41) is 1.35. The minimum absolute atomic E-state index is 0.0788. The summed E-state index contributed by atoms with van der Waals surface area (Å²) in [7, 11) is 0. The third-order valence-electron chi connectivity index (χ3n) is 5.71. The Kier molecular flexibility index (Phi) is 5.72. The zero-order valence-electron chi connectivity index (χ0n) is 15.3. The summed E-state index contributed by atoms with van der Waals surface area (Å²) in [6, 6.07) is 14.1. The maximum atomic E-state index is 13.1. The fraction of sp³-hybridized carbons (Fsp3) is 0.409. The third kappa shape index (κ3) is 4.31. The van der Waals surface area contributed by atoms with Crippen molar-refractivity contribution in [2.45, 2.75) is 32.4 Å². The first kappa shape index (κ1) is 18.8. The number of hydrogen-bond acceptors (Lipinski definition) is 2. The van der Waals surface area contributed by atoms with Crippen LogP contribution in [-0.2, 0) is 24.3 Å². The molecule has 0 spiro atoms. The van der Waals surface area contributed by atoms with Crippen molar-refractivity contribution in [1.29, 1.82) is 0 Å². The van der Waals surface area contributed by atoms with Gasteiger partial charge in [0.15, 0.2) is 0 Å². The molecule has 0 N–H and O–H groups in total. The number of hydrogen-bond donors (Lipinski definition) is 0. The first-order chi connectivity index (χ1) is 13.1. The number of carbonyl (C=O) groups excluding carboxylic acids is 1. The molecule has 27 heavy (non-hydrogen) atoms.